The number of furan rings is 1. The van der Waals surface area contributed by atoms with E-state index >= 15 is 0 Å². The Morgan fingerprint density at radius 3 is 1.75 bits per heavy atom. The maximum absolute atomic E-state index is 6.46. The third-order valence-corrected chi connectivity index (χ3v) is 8.03. The first kappa shape index (κ1) is 24.4. The van der Waals surface area contributed by atoms with Crippen molar-refractivity contribution in [2.45, 2.75) is 0 Å². The smallest absolute Gasteiger partial charge is 0.168 e. The summed E-state index contributed by atoms with van der Waals surface area (Å²) in [4.78, 5) is 14.6. The SMILES string of the molecule is c1ccc(-c2nc(-c3ccccc3)nc(-c3ccc(-n4c5nnccc5c5ccc6c7ccccc7oc6c54)cc3)n2)cc1. The van der Waals surface area contributed by atoms with Crippen molar-refractivity contribution in [2.75, 3.05) is 0 Å². The van der Waals surface area contributed by atoms with E-state index in [0.717, 1.165) is 66.3 Å². The molecule has 0 aliphatic carbocycles. The van der Waals surface area contributed by atoms with Crippen LogP contribution in [0.15, 0.2) is 138 Å². The van der Waals surface area contributed by atoms with Crippen LogP contribution in [0.3, 0.4) is 0 Å². The number of benzene rings is 5. The molecule has 9 aromatic rings. The van der Waals surface area contributed by atoms with Crippen LogP contribution < -0.4 is 0 Å². The molecule has 9 rings (SSSR count). The molecule has 0 aliphatic heterocycles. The van der Waals surface area contributed by atoms with Crippen molar-refractivity contribution in [2.24, 2.45) is 0 Å². The molecule has 0 bridgehead atoms. The minimum atomic E-state index is 0.603. The Hall–Kier alpha value is -6.21. The van der Waals surface area contributed by atoms with E-state index < -0.39 is 0 Å². The van der Waals surface area contributed by atoms with Gasteiger partial charge in [-0.05, 0) is 42.5 Å². The topological polar surface area (TPSA) is 82.5 Å². The van der Waals surface area contributed by atoms with E-state index in [1.165, 1.54) is 0 Å². The second-order valence-electron chi connectivity index (χ2n) is 10.6. The monoisotopic (exact) mass is 566 g/mol. The normalized spacial score (nSPS) is 11.6. The van der Waals surface area contributed by atoms with Crippen LogP contribution in [0.5, 0.6) is 0 Å². The predicted molar refractivity (Wildman–Crippen MR) is 173 cm³/mol. The van der Waals surface area contributed by atoms with E-state index in [4.69, 9.17) is 19.4 Å². The fourth-order valence-corrected chi connectivity index (χ4v) is 5.97. The molecule has 0 N–H and O–H groups in total. The zero-order valence-electron chi connectivity index (χ0n) is 23.3. The van der Waals surface area contributed by atoms with Gasteiger partial charge in [0.25, 0.3) is 0 Å². The van der Waals surface area contributed by atoms with Crippen LogP contribution in [0.1, 0.15) is 0 Å². The lowest BCUT2D eigenvalue weighted by Crippen LogP contribution is -2.01. The van der Waals surface area contributed by atoms with Crippen molar-refractivity contribution in [3.05, 3.63) is 134 Å². The molecule has 0 unspecified atom stereocenters. The summed E-state index contributed by atoms with van der Waals surface area (Å²) in [6.45, 7) is 0. The lowest BCUT2D eigenvalue weighted by molar-refractivity contribution is 0.671. The second-order valence-corrected chi connectivity index (χ2v) is 10.6. The number of aromatic nitrogens is 6. The quantitative estimate of drug-likeness (QED) is 0.212. The van der Waals surface area contributed by atoms with Gasteiger partial charge in [0.05, 0.1) is 11.7 Å². The van der Waals surface area contributed by atoms with E-state index in [1.54, 1.807) is 6.20 Å². The van der Waals surface area contributed by atoms with Gasteiger partial charge in [-0.2, -0.15) is 5.10 Å². The molecule has 0 spiro atoms. The van der Waals surface area contributed by atoms with Gasteiger partial charge in [0, 0.05) is 43.9 Å². The van der Waals surface area contributed by atoms with Crippen LogP contribution in [-0.2, 0) is 0 Å². The van der Waals surface area contributed by atoms with Crippen LogP contribution in [0.4, 0.5) is 0 Å². The van der Waals surface area contributed by atoms with Crippen molar-refractivity contribution >= 4 is 43.9 Å². The number of nitrogens with zero attached hydrogens (tertiary/aromatic N) is 6. The summed E-state index contributed by atoms with van der Waals surface area (Å²) in [6.07, 6.45) is 1.73. The van der Waals surface area contributed by atoms with Crippen LogP contribution in [-0.4, -0.2) is 29.7 Å². The number of hydrogen-bond acceptors (Lipinski definition) is 6. The van der Waals surface area contributed by atoms with Crippen LogP contribution >= 0.6 is 0 Å². The first-order valence-electron chi connectivity index (χ1n) is 14.4. The highest BCUT2D eigenvalue weighted by atomic mass is 16.3. The lowest BCUT2D eigenvalue weighted by Gasteiger charge is -2.10. The van der Waals surface area contributed by atoms with Crippen molar-refractivity contribution in [3.63, 3.8) is 0 Å². The summed E-state index contributed by atoms with van der Waals surface area (Å²) in [5.74, 6) is 1.86. The van der Waals surface area contributed by atoms with Gasteiger partial charge in [0.2, 0.25) is 0 Å². The van der Waals surface area contributed by atoms with Gasteiger partial charge in [-0.3, -0.25) is 4.57 Å². The molecule has 44 heavy (non-hydrogen) atoms. The molecule has 5 aromatic carbocycles. The highest BCUT2D eigenvalue weighted by molar-refractivity contribution is 6.20. The van der Waals surface area contributed by atoms with Gasteiger partial charge in [0.15, 0.2) is 28.7 Å². The van der Waals surface area contributed by atoms with E-state index in [0.29, 0.717) is 17.5 Å². The maximum atomic E-state index is 6.46. The molecule has 0 amide bonds. The average molecular weight is 567 g/mol. The molecule has 0 radical (unpaired) electrons. The zero-order valence-corrected chi connectivity index (χ0v) is 23.3. The number of para-hydroxylation sites is 1. The summed E-state index contributed by atoms with van der Waals surface area (Å²) in [5, 5.41) is 13.0. The van der Waals surface area contributed by atoms with Crippen LogP contribution in [0.2, 0.25) is 0 Å². The second kappa shape index (κ2) is 9.68. The fourth-order valence-electron chi connectivity index (χ4n) is 5.97. The fraction of sp³-hybridized carbons (Fsp3) is 0. The Labute approximate surface area is 251 Å². The summed E-state index contributed by atoms with van der Waals surface area (Å²) in [5.41, 5.74) is 7.08. The van der Waals surface area contributed by atoms with E-state index in [1.807, 2.05) is 97.1 Å². The zero-order chi connectivity index (χ0) is 29.0. The Morgan fingerprint density at radius 1 is 0.477 bits per heavy atom. The molecular formula is C37H22N6O. The summed E-state index contributed by atoms with van der Waals surface area (Å²) >= 11 is 0. The van der Waals surface area contributed by atoms with Gasteiger partial charge in [0.1, 0.15) is 5.58 Å². The van der Waals surface area contributed by atoms with Gasteiger partial charge >= 0.3 is 0 Å². The van der Waals surface area contributed by atoms with Gasteiger partial charge in [-0.25, -0.2) is 15.0 Å². The molecule has 0 fully saturated rings. The third kappa shape index (κ3) is 3.80. The van der Waals surface area contributed by atoms with Crippen molar-refractivity contribution < 1.29 is 4.42 Å². The standard InChI is InChI=1S/C37H22N6O/c1-3-9-23(10-4-1)34-39-35(24-11-5-2-6-12-24)41-36(40-34)25-15-17-26(18-16-25)43-32-28(30-21-22-38-42-37(30)43)19-20-29-27-13-7-8-14-31(27)44-33(29)32/h1-22H. The Kier molecular flexibility index (Phi) is 5.36. The lowest BCUT2D eigenvalue weighted by atomic mass is 10.1. The van der Waals surface area contributed by atoms with Gasteiger partial charge in [-0.1, -0.05) is 84.9 Å². The highest BCUT2D eigenvalue weighted by Gasteiger charge is 2.20. The molecular weight excluding hydrogens is 544 g/mol. The first-order valence-corrected chi connectivity index (χ1v) is 14.4. The molecule has 4 aromatic heterocycles. The molecule has 0 saturated carbocycles. The number of fused-ring (bicyclic) bond motifs is 7. The molecule has 4 heterocycles. The highest BCUT2D eigenvalue weighted by Crippen LogP contribution is 2.39. The van der Waals surface area contributed by atoms with E-state index in [2.05, 4.69) is 45.1 Å². The molecule has 7 heteroatoms. The molecule has 0 saturated heterocycles. The van der Waals surface area contributed by atoms with Crippen molar-refractivity contribution in [1.82, 2.24) is 29.7 Å². The Morgan fingerprint density at radius 2 is 1.07 bits per heavy atom. The minimum Gasteiger partial charge on any atom is -0.454 e. The van der Waals surface area contributed by atoms with Crippen molar-refractivity contribution in [3.8, 4) is 39.9 Å². The van der Waals surface area contributed by atoms with Gasteiger partial charge < -0.3 is 4.42 Å². The van der Waals surface area contributed by atoms with Gasteiger partial charge in [-0.15, -0.1) is 5.10 Å². The van der Waals surface area contributed by atoms with Crippen molar-refractivity contribution in [1.29, 1.82) is 0 Å². The summed E-state index contributed by atoms with van der Waals surface area (Å²) < 4.78 is 8.59. The Balaban J connectivity index is 1.24. The largest absolute Gasteiger partial charge is 0.454 e. The molecule has 206 valence electrons. The van der Waals surface area contributed by atoms with E-state index in [-0.39, 0.29) is 0 Å². The first-order chi connectivity index (χ1) is 21.8. The molecule has 0 atom stereocenters. The minimum absolute atomic E-state index is 0.603. The third-order valence-electron chi connectivity index (χ3n) is 8.03. The summed E-state index contributed by atoms with van der Waals surface area (Å²) in [6, 6.07) is 42.6. The molecule has 7 nitrogen and oxygen atoms in total. The summed E-state index contributed by atoms with van der Waals surface area (Å²) in [7, 11) is 0. The average Bonchev–Trinajstić information content (AvgIpc) is 3.65. The number of rotatable bonds is 4. The van der Waals surface area contributed by atoms with Crippen LogP contribution in [0.25, 0.3) is 83.7 Å². The molecule has 0 aliphatic rings. The maximum Gasteiger partial charge on any atom is 0.168 e. The van der Waals surface area contributed by atoms with E-state index in [9.17, 15) is 0 Å². The Bertz CT molecular complexity index is 2430. The van der Waals surface area contributed by atoms with Crippen LogP contribution in [0, 0.1) is 0 Å². The predicted octanol–water partition coefficient (Wildman–Crippen LogP) is 8.66. The number of hydrogen-bond donors (Lipinski definition) is 0.